The van der Waals surface area contributed by atoms with Gasteiger partial charge in [-0.15, -0.1) is 0 Å². The summed E-state index contributed by atoms with van der Waals surface area (Å²) in [5, 5.41) is 0.741. The van der Waals surface area contributed by atoms with E-state index in [0.29, 0.717) is 39.0 Å². The number of anilines is 1. The van der Waals surface area contributed by atoms with Crippen LogP contribution >= 0.6 is 23.2 Å². The van der Waals surface area contributed by atoms with E-state index in [9.17, 15) is 9.59 Å². The van der Waals surface area contributed by atoms with E-state index in [0.717, 1.165) is 10.5 Å². The first-order valence-corrected chi connectivity index (χ1v) is 9.31. The third-order valence-corrected chi connectivity index (χ3v) is 5.20. The van der Waals surface area contributed by atoms with Crippen molar-refractivity contribution in [3.05, 3.63) is 82.9 Å². The van der Waals surface area contributed by atoms with Crippen molar-refractivity contribution in [3.8, 4) is 0 Å². The van der Waals surface area contributed by atoms with Gasteiger partial charge in [-0.3, -0.25) is 9.59 Å². The minimum absolute atomic E-state index is 0.297. The first-order valence-electron chi connectivity index (χ1n) is 8.55. The van der Waals surface area contributed by atoms with Gasteiger partial charge in [-0.25, -0.2) is 9.88 Å². The zero-order valence-electron chi connectivity index (χ0n) is 14.9. The summed E-state index contributed by atoms with van der Waals surface area (Å²) in [6.07, 6.45) is 5.36. The largest absolute Gasteiger partial charge is 0.333 e. The Labute approximate surface area is 171 Å². The van der Waals surface area contributed by atoms with Gasteiger partial charge in [0.1, 0.15) is 0 Å². The molecular weight excluding hydrogens is 397 g/mol. The molecular formula is C21H15Cl2N3O2. The molecule has 1 aromatic heterocycles. The predicted molar refractivity (Wildman–Crippen MR) is 110 cm³/mol. The SMILES string of the molecule is CC(=O)N1C(=O)C(=C(Cl)c2ccc(Cn3ccnc3)cc2)c2ccc(Cl)cc21. The average Bonchev–Trinajstić information content (AvgIpc) is 3.26. The highest BCUT2D eigenvalue weighted by Crippen LogP contribution is 2.43. The molecule has 0 saturated heterocycles. The molecule has 0 unspecified atom stereocenters. The standard InChI is InChI=1S/C21H15Cl2N3O2/c1-13(27)26-18-10-16(22)6-7-17(18)19(21(26)28)20(23)15-4-2-14(3-5-15)11-25-9-8-24-12-25/h2-10,12H,11H2,1H3. The van der Waals surface area contributed by atoms with E-state index in [-0.39, 0.29) is 5.91 Å². The number of imidazole rings is 1. The van der Waals surface area contributed by atoms with Crippen LogP contribution in [0.1, 0.15) is 23.6 Å². The first kappa shape index (κ1) is 18.5. The van der Waals surface area contributed by atoms with Crippen molar-refractivity contribution in [2.75, 3.05) is 4.90 Å². The molecule has 5 nitrogen and oxygen atoms in total. The van der Waals surface area contributed by atoms with Crippen molar-refractivity contribution in [1.29, 1.82) is 0 Å². The number of fused-ring (bicyclic) bond motifs is 1. The fourth-order valence-corrected chi connectivity index (χ4v) is 3.73. The van der Waals surface area contributed by atoms with Gasteiger partial charge in [0, 0.05) is 36.4 Å². The minimum atomic E-state index is -0.447. The first-order chi connectivity index (χ1) is 13.5. The van der Waals surface area contributed by atoms with E-state index < -0.39 is 5.91 Å². The summed E-state index contributed by atoms with van der Waals surface area (Å²) in [4.78, 5) is 30.1. The summed E-state index contributed by atoms with van der Waals surface area (Å²) < 4.78 is 1.96. The molecule has 0 spiro atoms. The molecule has 2 aromatic carbocycles. The maximum atomic E-state index is 12.9. The summed E-state index contributed by atoms with van der Waals surface area (Å²) in [7, 11) is 0. The number of hydrogen-bond acceptors (Lipinski definition) is 3. The molecule has 0 bridgehead atoms. The van der Waals surface area contributed by atoms with Crippen molar-refractivity contribution in [2.45, 2.75) is 13.5 Å². The average molecular weight is 412 g/mol. The van der Waals surface area contributed by atoms with Crippen molar-refractivity contribution >= 4 is 51.3 Å². The maximum absolute atomic E-state index is 12.9. The number of imide groups is 1. The highest BCUT2D eigenvalue weighted by Gasteiger charge is 2.37. The number of aromatic nitrogens is 2. The van der Waals surface area contributed by atoms with Crippen LogP contribution in [0, 0.1) is 0 Å². The Morgan fingerprint density at radius 2 is 1.89 bits per heavy atom. The minimum Gasteiger partial charge on any atom is -0.333 e. The van der Waals surface area contributed by atoms with Crippen molar-refractivity contribution in [2.24, 2.45) is 0 Å². The zero-order valence-corrected chi connectivity index (χ0v) is 16.4. The third kappa shape index (κ3) is 3.23. The van der Waals surface area contributed by atoms with Gasteiger partial charge in [0.25, 0.3) is 5.91 Å². The second-order valence-electron chi connectivity index (χ2n) is 6.44. The number of carbonyl (C=O) groups excluding carboxylic acids is 2. The lowest BCUT2D eigenvalue weighted by Gasteiger charge is -2.12. The van der Waals surface area contributed by atoms with Crippen LogP contribution in [0.4, 0.5) is 5.69 Å². The molecule has 1 aliphatic rings. The third-order valence-electron chi connectivity index (χ3n) is 4.55. The Kier molecular flexibility index (Phi) is 4.79. The van der Waals surface area contributed by atoms with E-state index in [1.165, 1.54) is 6.92 Å². The Hall–Kier alpha value is -2.89. The molecule has 140 valence electrons. The van der Waals surface area contributed by atoms with Gasteiger partial charge < -0.3 is 4.57 Å². The van der Waals surface area contributed by atoms with Crippen LogP contribution in [-0.4, -0.2) is 21.4 Å². The normalized spacial score (nSPS) is 15.0. The number of hydrogen-bond donors (Lipinski definition) is 0. The number of benzene rings is 2. The smallest absolute Gasteiger partial charge is 0.267 e. The second kappa shape index (κ2) is 7.26. The quantitative estimate of drug-likeness (QED) is 0.592. The molecule has 0 aliphatic carbocycles. The van der Waals surface area contributed by atoms with Gasteiger partial charge in [0.05, 0.1) is 22.6 Å². The Bertz CT molecular complexity index is 1100. The lowest BCUT2D eigenvalue weighted by Crippen LogP contribution is -2.31. The van der Waals surface area contributed by atoms with Crippen molar-refractivity contribution < 1.29 is 9.59 Å². The molecule has 2 amide bonds. The Morgan fingerprint density at radius 1 is 1.14 bits per heavy atom. The summed E-state index contributed by atoms with van der Waals surface area (Å²) in [5.74, 6) is -0.832. The van der Waals surface area contributed by atoms with Crippen LogP contribution in [0.15, 0.2) is 61.2 Å². The summed E-state index contributed by atoms with van der Waals surface area (Å²) >= 11 is 12.7. The van der Waals surface area contributed by atoms with Crippen LogP contribution in [0.2, 0.25) is 5.02 Å². The number of amides is 2. The van der Waals surface area contributed by atoms with E-state index in [1.54, 1.807) is 30.7 Å². The molecule has 0 fully saturated rings. The number of carbonyl (C=O) groups is 2. The molecule has 3 aromatic rings. The van der Waals surface area contributed by atoms with Gasteiger partial charge in [0.2, 0.25) is 5.91 Å². The molecule has 4 rings (SSSR count). The molecule has 7 heteroatoms. The lowest BCUT2D eigenvalue weighted by molar-refractivity contribution is -0.122. The summed E-state index contributed by atoms with van der Waals surface area (Å²) in [6, 6.07) is 12.6. The summed E-state index contributed by atoms with van der Waals surface area (Å²) in [5.41, 5.74) is 3.12. The number of rotatable bonds is 3. The lowest BCUT2D eigenvalue weighted by atomic mass is 10.0. The van der Waals surface area contributed by atoms with E-state index in [4.69, 9.17) is 23.2 Å². The highest BCUT2D eigenvalue weighted by molar-refractivity contribution is 6.60. The molecule has 1 aliphatic heterocycles. The molecule has 28 heavy (non-hydrogen) atoms. The predicted octanol–water partition coefficient (Wildman–Crippen LogP) is 4.59. The van der Waals surface area contributed by atoms with Crippen LogP contribution in [0.25, 0.3) is 10.6 Å². The van der Waals surface area contributed by atoms with Gasteiger partial charge in [-0.2, -0.15) is 0 Å². The molecule has 0 atom stereocenters. The van der Waals surface area contributed by atoms with E-state index in [2.05, 4.69) is 4.98 Å². The van der Waals surface area contributed by atoms with Gasteiger partial charge in [-0.05, 0) is 23.3 Å². The van der Waals surface area contributed by atoms with Crippen molar-refractivity contribution in [1.82, 2.24) is 9.55 Å². The van der Waals surface area contributed by atoms with Crippen LogP contribution in [0.3, 0.4) is 0 Å². The molecule has 0 N–H and O–H groups in total. The number of halogens is 2. The van der Waals surface area contributed by atoms with Gasteiger partial charge in [0.15, 0.2) is 0 Å². The second-order valence-corrected chi connectivity index (χ2v) is 7.26. The zero-order chi connectivity index (χ0) is 19.8. The fourth-order valence-electron chi connectivity index (χ4n) is 3.25. The Morgan fingerprint density at radius 3 is 2.54 bits per heavy atom. The molecule has 2 heterocycles. The molecule has 0 radical (unpaired) electrons. The maximum Gasteiger partial charge on any atom is 0.267 e. The van der Waals surface area contributed by atoms with Gasteiger partial charge in [-0.1, -0.05) is 53.5 Å². The molecule has 0 saturated carbocycles. The fraction of sp³-hybridized carbons (Fsp3) is 0.0952. The van der Waals surface area contributed by atoms with Crippen LogP contribution < -0.4 is 4.90 Å². The van der Waals surface area contributed by atoms with Crippen LogP contribution in [0.5, 0.6) is 0 Å². The summed E-state index contributed by atoms with van der Waals surface area (Å²) in [6.45, 7) is 2.02. The monoisotopic (exact) mass is 411 g/mol. The topological polar surface area (TPSA) is 55.2 Å². The number of nitrogens with zero attached hydrogens (tertiary/aromatic N) is 3. The van der Waals surface area contributed by atoms with E-state index >= 15 is 0 Å². The van der Waals surface area contributed by atoms with Gasteiger partial charge >= 0.3 is 0 Å². The van der Waals surface area contributed by atoms with Crippen molar-refractivity contribution in [3.63, 3.8) is 0 Å². The highest BCUT2D eigenvalue weighted by atomic mass is 35.5. The van der Waals surface area contributed by atoms with Crippen LogP contribution in [-0.2, 0) is 16.1 Å². The Balaban J connectivity index is 1.74. The van der Waals surface area contributed by atoms with E-state index in [1.807, 2.05) is 35.0 Å².